The van der Waals surface area contributed by atoms with E-state index in [-0.39, 0.29) is 38.1 Å². The summed E-state index contributed by atoms with van der Waals surface area (Å²) >= 11 is 0. The van der Waals surface area contributed by atoms with Gasteiger partial charge in [-0.3, -0.25) is 14.4 Å². The van der Waals surface area contributed by atoms with Crippen LogP contribution >= 0.6 is 0 Å². The van der Waals surface area contributed by atoms with E-state index in [1.54, 1.807) is 6.92 Å². The molecule has 238 valence electrons. The van der Waals surface area contributed by atoms with Gasteiger partial charge in [0.2, 0.25) is 5.91 Å². The van der Waals surface area contributed by atoms with Crippen LogP contribution in [0.1, 0.15) is 52.9 Å². The molecule has 11 nitrogen and oxygen atoms in total. The molecule has 43 heavy (non-hydrogen) atoms. The van der Waals surface area contributed by atoms with Gasteiger partial charge in [0.1, 0.15) is 26.1 Å². The van der Waals surface area contributed by atoms with E-state index in [4.69, 9.17) is 14.2 Å². The predicted molar refractivity (Wildman–Crippen MR) is 146 cm³/mol. The highest BCUT2D eigenvalue weighted by atomic mass is 19.1. The lowest BCUT2D eigenvalue weighted by atomic mass is 9.44. The molecule has 13 heteroatoms. The van der Waals surface area contributed by atoms with Gasteiger partial charge in [-0.2, -0.15) is 0 Å². The number of fused-ring (bicyclic) bond motifs is 7. The lowest BCUT2D eigenvalue weighted by Gasteiger charge is -2.63. The number of alkyl halides is 2. The summed E-state index contributed by atoms with van der Waals surface area (Å²) in [6.07, 6.45) is -0.716. The molecule has 0 aromatic heterocycles. The summed E-state index contributed by atoms with van der Waals surface area (Å²) in [6, 6.07) is 0. The SMILES string of the molecule is CCCC1O[C@@H]2C[C@H]3[C@@H]4C[C@H](F)C5=CC(=O)C=C[C@]5(C)[C@@]4(F)[C@@H](O)C[C@]3(C)[C@]2(C(=O)COCNC(=O)CNC(=O)OC)O1. The van der Waals surface area contributed by atoms with Crippen molar-refractivity contribution in [2.45, 2.75) is 88.8 Å². The van der Waals surface area contributed by atoms with E-state index in [1.165, 1.54) is 19.1 Å². The first kappa shape index (κ1) is 31.7. The van der Waals surface area contributed by atoms with Gasteiger partial charge in [-0.05, 0) is 56.3 Å². The third-order valence-corrected chi connectivity index (χ3v) is 10.5. The molecule has 1 aliphatic heterocycles. The lowest BCUT2D eigenvalue weighted by Crippen LogP contribution is -2.71. The van der Waals surface area contributed by atoms with E-state index < -0.39 is 88.8 Å². The molecular formula is C30H40F2N2O9. The molecule has 0 aromatic carbocycles. The molecule has 2 amide bonds. The standard InChI is InChI=1S/C30H40F2N2O9/c1-5-6-25-42-23-11-17-18-10-20(31)19-9-16(35)7-8-27(19,2)29(18,32)21(36)12-28(17,3)30(23,43-25)22(37)14-41-15-34-24(38)13-33-26(39)40-4/h7-9,17-18,20-21,23,25,36H,5-6,10-15H2,1-4H3,(H,33,39)(H,34,38)/t17-,18-,20-,21-,23+,25?,27-,28-,29-,30+/m0/s1. The maximum atomic E-state index is 17.5. The number of ether oxygens (including phenoxy) is 4. The zero-order chi connectivity index (χ0) is 31.4. The number of carbonyl (C=O) groups is 4. The Morgan fingerprint density at radius 1 is 1.19 bits per heavy atom. The van der Waals surface area contributed by atoms with Gasteiger partial charge in [-0.15, -0.1) is 0 Å². The molecule has 5 aliphatic rings. The van der Waals surface area contributed by atoms with Crippen LogP contribution in [0.3, 0.4) is 0 Å². The highest BCUT2D eigenvalue weighted by molar-refractivity contribution is 6.01. The number of nitrogens with one attached hydrogen (secondary N) is 2. The van der Waals surface area contributed by atoms with E-state index in [2.05, 4.69) is 15.4 Å². The van der Waals surface area contributed by atoms with Crippen LogP contribution in [0, 0.1) is 22.7 Å². The minimum absolute atomic E-state index is 0.0260. The summed E-state index contributed by atoms with van der Waals surface area (Å²) in [5, 5.41) is 16.3. The van der Waals surface area contributed by atoms with Crippen molar-refractivity contribution in [2.75, 3.05) is 27.0 Å². The van der Waals surface area contributed by atoms with Gasteiger partial charge in [0.15, 0.2) is 29.1 Å². The Kier molecular flexibility index (Phi) is 8.34. The zero-order valence-corrected chi connectivity index (χ0v) is 24.8. The zero-order valence-electron chi connectivity index (χ0n) is 24.8. The van der Waals surface area contributed by atoms with Crippen molar-refractivity contribution in [1.82, 2.24) is 10.6 Å². The molecule has 4 aliphatic carbocycles. The van der Waals surface area contributed by atoms with Crippen molar-refractivity contribution in [3.63, 3.8) is 0 Å². The summed E-state index contributed by atoms with van der Waals surface area (Å²) in [5.41, 5.74) is -6.56. The molecule has 0 bridgehead atoms. The fourth-order valence-electron chi connectivity index (χ4n) is 8.56. The van der Waals surface area contributed by atoms with E-state index in [9.17, 15) is 24.3 Å². The molecule has 1 unspecified atom stereocenters. The summed E-state index contributed by atoms with van der Waals surface area (Å²) in [6.45, 7) is 4.07. The number of halogens is 2. The Morgan fingerprint density at radius 2 is 1.93 bits per heavy atom. The highest BCUT2D eigenvalue weighted by Gasteiger charge is 2.80. The molecule has 4 fully saturated rings. The van der Waals surface area contributed by atoms with Crippen molar-refractivity contribution in [3.8, 4) is 0 Å². The Bertz CT molecular complexity index is 1240. The summed E-state index contributed by atoms with van der Waals surface area (Å²) < 4.78 is 55.9. The molecule has 3 saturated carbocycles. The van der Waals surface area contributed by atoms with Gasteiger partial charge in [0.05, 0.1) is 19.3 Å². The summed E-state index contributed by atoms with van der Waals surface area (Å²) in [4.78, 5) is 49.3. The lowest BCUT2D eigenvalue weighted by molar-refractivity contribution is -0.235. The minimum atomic E-state index is -2.30. The second kappa shape index (κ2) is 11.3. The monoisotopic (exact) mass is 610 g/mol. The van der Waals surface area contributed by atoms with Gasteiger partial charge in [-0.1, -0.05) is 26.3 Å². The second-order valence-electron chi connectivity index (χ2n) is 12.7. The first-order valence-electron chi connectivity index (χ1n) is 14.8. The van der Waals surface area contributed by atoms with E-state index in [1.807, 2.05) is 6.92 Å². The number of aliphatic hydroxyl groups is 1. The number of aliphatic hydroxyl groups excluding tert-OH is 1. The number of Topliss-reactive ketones (excluding diaryl/α,β-unsaturated/α-hetero) is 1. The van der Waals surface area contributed by atoms with Crippen molar-refractivity contribution in [2.24, 2.45) is 22.7 Å². The van der Waals surface area contributed by atoms with Crippen LogP contribution < -0.4 is 10.6 Å². The molecular weight excluding hydrogens is 570 g/mol. The molecule has 0 aromatic rings. The fourth-order valence-corrected chi connectivity index (χ4v) is 8.56. The van der Waals surface area contributed by atoms with E-state index in [0.29, 0.717) is 12.8 Å². The van der Waals surface area contributed by atoms with Crippen molar-refractivity contribution >= 4 is 23.6 Å². The van der Waals surface area contributed by atoms with Crippen LogP contribution in [0.4, 0.5) is 13.6 Å². The summed E-state index contributed by atoms with van der Waals surface area (Å²) in [7, 11) is 1.16. The predicted octanol–water partition coefficient (Wildman–Crippen LogP) is 2.21. The van der Waals surface area contributed by atoms with Gasteiger partial charge in [-0.25, -0.2) is 13.6 Å². The number of alkyl carbamates (subject to hydrolysis) is 1. The molecule has 0 radical (unpaired) electrons. The number of ketones is 2. The average molecular weight is 611 g/mol. The van der Waals surface area contributed by atoms with Crippen LogP contribution in [-0.4, -0.2) is 91.6 Å². The minimum Gasteiger partial charge on any atom is -0.453 e. The second-order valence-corrected chi connectivity index (χ2v) is 12.7. The quantitative estimate of drug-likeness (QED) is 0.264. The molecule has 0 spiro atoms. The van der Waals surface area contributed by atoms with Crippen LogP contribution in [0.2, 0.25) is 0 Å². The number of allylic oxidation sites excluding steroid dienone is 4. The van der Waals surface area contributed by atoms with Crippen LogP contribution in [0.25, 0.3) is 0 Å². The van der Waals surface area contributed by atoms with Gasteiger partial charge < -0.3 is 34.7 Å². The Morgan fingerprint density at radius 3 is 2.63 bits per heavy atom. The molecule has 3 N–H and O–H groups in total. The Balaban J connectivity index is 1.40. The van der Waals surface area contributed by atoms with Crippen molar-refractivity contribution in [1.29, 1.82) is 0 Å². The highest BCUT2D eigenvalue weighted by Crippen LogP contribution is 2.72. The number of methoxy groups -OCH3 is 1. The Hall–Kier alpha value is -2.74. The van der Waals surface area contributed by atoms with E-state index in [0.717, 1.165) is 13.2 Å². The van der Waals surface area contributed by atoms with Crippen LogP contribution in [-0.2, 0) is 33.3 Å². The topological polar surface area (TPSA) is 149 Å². The first-order chi connectivity index (χ1) is 20.3. The number of amides is 2. The first-order valence-corrected chi connectivity index (χ1v) is 14.8. The number of carbonyl (C=O) groups excluding carboxylic acids is 4. The summed E-state index contributed by atoms with van der Waals surface area (Å²) in [5.74, 6) is -3.07. The van der Waals surface area contributed by atoms with Crippen LogP contribution in [0.15, 0.2) is 23.8 Å². The molecule has 5 rings (SSSR count). The molecule has 1 heterocycles. The third kappa shape index (κ3) is 4.65. The molecule has 1 saturated heterocycles. The van der Waals surface area contributed by atoms with Crippen molar-refractivity contribution < 1.29 is 52.0 Å². The largest absolute Gasteiger partial charge is 0.453 e. The van der Waals surface area contributed by atoms with Crippen LogP contribution in [0.5, 0.6) is 0 Å². The van der Waals surface area contributed by atoms with Gasteiger partial charge in [0.25, 0.3) is 0 Å². The maximum absolute atomic E-state index is 17.5. The number of rotatable bonds is 9. The average Bonchev–Trinajstić information content (AvgIpc) is 3.44. The van der Waals surface area contributed by atoms with Crippen molar-refractivity contribution in [3.05, 3.63) is 23.8 Å². The number of hydrogen-bond acceptors (Lipinski definition) is 9. The maximum Gasteiger partial charge on any atom is 0.407 e. The normalized spacial score (nSPS) is 42.7. The fraction of sp³-hybridized carbons (Fsp3) is 0.733. The number of hydrogen-bond donors (Lipinski definition) is 3. The van der Waals surface area contributed by atoms with E-state index >= 15 is 8.78 Å². The third-order valence-electron chi connectivity index (χ3n) is 10.5. The van der Waals surface area contributed by atoms with Gasteiger partial charge >= 0.3 is 6.09 Å². The molecule has 10 atom stereocenters. The smallest absolute Gasteiger partial charge is 0.407 e. The Labute approximate surface area is 248 Å². The van der Waals surface area contributed by atoms with Gasteiger partial charge in [0, 0.05) is 16.7 Å².